The van der Waals surface area contributed by atoms with Gasteiger partial charge in [0.15, 0.2) is 0 Å². The highest BCUT2D eigenvalue weighted by molar-refractivity contribution is 6.03. The number of amides is 1. The molecule has 1 N–H and O–H groups in total. The second-order valence-corrected chi connectivity index (χ2v) is 6.83. The van der Waals surface area contributed by atoms with Crippen molar-refractivity contribution in [2.45, 2.75) is 32.9 Å². The van der Waals surface area contributed by atoms with Crippen LogP contribution in [0.3, 0.4) is 0 Å². The van der Waals surface area contributed by atoms with Gasteiger partial charge in [-0.2, -0.15) is 5.10 Å². The molecule has 0 bridgehead atoms. The second kappa shape index (κ2) is 7.19. The van der Waals surface area contributed by atoms with E-state index in [0.29, 0.717) is 34.4 Å². The Balaban J connectivity index is 1.89. The molecular weight excluding hydrogens is 349 g/mol. The molecule has 6 nitrogen and oxygen atoms in total. The van der Waals surface area contributed by atoms with Gasteiger partial charge in [-0.05, 0) is 32.9 Å². The van der Waals surface area contributed by atoms with Gasteiger partial charge in [-0.3, -0.25) is 4.79 Å². The van der Waals surface area contributed by atoms with Crippen molar-refractivity contribution in [2.24, 2.45) is 0 Å². The third-order valence-corrected chi connectivity index (χ3v) is 4.09. The minimum absolute atomic E-state index is 0.0651. The van der Waals surface area contributed by atoms with Crippen LogP contribution in [0.15, 0.2) is 42.6 Å². The maximum Gasteiger partial charge on any atom is 0.256 e. The summed E-state index contributed by atoms with van der Waals surface area (Å²) in [5, 5.41) is 6.99. The van der Waals surface area contributed by atoms with Crippen LogP contribution >= 0.6 is 0 Å². The molecule has 140 valence electrons. The molecule has 0 aliphatic carbocycles. The lowest BCUT2D eigenvalue weighted by Gasteiger charge is -2.18. The average molecular weight is 369 g/mol. The molecule has 1 aromatic carbocycles. The van der Waals surface area contributed by atoms with Crippen molar-refractivity contribution < 1.29 is 18.7 Å². The van der Waals surface area contributed by atoms with E-state index in [0.717, 1.165) is 0 Å². The Morgan fingerprint density at radius 3 is 2.78 bits per heavy atom. The number of halogens is 1. The van der Waals surface area contributed by atoms with E-state index >= 15 is 0 Å². The topological polar surface area (TPSA) is 72.7 Å². The average Bonchev–Trinajstić information content (AvgIpc) is 2.95. The quantitative estimate of drug-likeness (QED) is 0.678. The molecule has 27 heavy (non-hydrogen) atoms. The SMILES string of the molecule is Cc1nn2ccc(OCc3ccccc3F)cc2c1C(=O)NC(C)(C)C=O. The number of hydrogen-bond acceptors (Lipinski definition) is 4. The Labute approximate surface area is 156 Å². The number of hydrogen-bond donors (Lipinski definition) is 1. The van der Waals surface area contributed by atoms with Crippen LogP contribution in [0.5, 0.6) is 5.75 Å². The van der Waals surface area contributed by atoms with Gasteiger partial charge in [-0.1, -0.05) is 18.2 Å². The Kier molecular flexibility index (Phi) is 4.94. The fourth-order valence-corrected chi connectivity index (χ4v) is 2.68. The molecule has 0 unspecified atom stereocenters. The molecule has 1 amide bonds. The van der Waals surface area contributed by atoms with Gasteiger partial charge in [-0.15, -0.1) is 0 Å². The molecule has 0 spiro atoms. The van der Waals surface area contributed by atoms with Crippen LogP contribution in [0, 0.1) is 12.7 Å². The van der Waals surface area contributed by atoms with E-state index < -0.39 is 11.4 Å². The number of rotatable bonds is 6. The fraction of sp³-hybridized carbons (Fsp3) is 0.250. The molecule has 0 aliphatic rings. The summed E-state index contributed by atoms with van der Waals surface area (Å²) in [6, 6.07) is 9.74. The molecule has 0 fully saturated rings. The summed E-state index contributed by atoms with van der Waals surface area (Å²) in [5.41, 5.74) is 0.878. The van der Waals surface area contributed by atoms with Gasteiger partial charge < -0.3 is 14.8 Å². The number of carbonyl (C=O) groups excluding carboxylic acids is 2. The monoisotopic (exact) mass is 369 g/mol. The smallest absolute Gasteiger partial charge is 0.256 e. The fourth-order valence-electron chi connectivity index (χ4n) is 2.68. The zero-order chi connectivity index (χ0) is 19.6. The molecule has 7 heteroatoms. The van der Waals surface area contributed by atoms with Crippen LogP contribution in [0.4, 0.5) is 4.39 Å². The molecule has 0 saturated heterocycles. The lowest BCUT2D eigenvalue weighted by Crippen LogP contribution is -2.44. The van der Waals surface area contributed by atoms with Crippen LogP contribution in [-0.4, -0.2) is 27.3 Å². The highest BCUT2D eigenvalue weighted by Gasteiger charge is 2.24. The van der Waals surface area contributed by atoms with Crippen molar-refractivity contribution >= 4 is 17.7 Å². The standard InChI is InChI=1S/C20H20FN3O3/c1-13-18(19(26)22-20(2,3)12-25)17-10-15(8-9-24(17)23-13)27-11-14-6-4-5-7-16(14)21/h4-10,12H,11H2,1-3H3,(H,22,26). The summed E-state index contributed by atoms with van der Waals surface area (Å²) in [7, 11) is 0. The van der Waals surface area contributed by atoms with Crippen LogP contribution in [0.2, 0.25) is 0 Å². The molecule has 2 aromatic heterocycles. The minimum atomic E-state index is -0.989. The third kappa shape index (κ3) is 3.97. The predicted octanol–water partition coefficient (Wildman–Crippen LogP) is 3.07. The maximum absolute atomic E-state index is 13.7. The normalized spacial score (nSPS) is 11.4. The van der Waals surface area contributed by atoms with Gasteiger partial charge in [0, 0.05) is 17.8 Å². The van der Waals surface area contributed by atoms with Gasteiger partial charge in [0.1, 0.15) is 24.5 Å². The van der Waals surface area contributed by atoms with E-state index in [4.69, 9.17) is 4.74 Å². The number of nitrogens with zero attached hydrogens (tertiary/aromatic N) is 2. The minimum Gasteiger partial charge on any atom is -0.489 e. The summed E-state index contributed by atoms with van der Waals surface area (Å²) in [5.74, 6) is -0.254. The van der Waals surface area contributed by atoms with Gasteiger partial charge in [-0.25, -0.2) is 8.91 Å². The highest BCUT2D eigenvalue weighted by atomic mass is 19.1. The third-order valence-electron chi connectivity index (χ3n) is 4.09. The van der Waals surface area contributed by atoms with Crippen molar-refractivity contribution in [3.05, 3.63) is 65.2 Å². The van der Waals surface area contributed by atoms with E-state index in [9.17, 15) is 14.0 Å². The van der Waals surface area contributed by atoms with Crippen molar-refractivity contribution in [1.29, 1.82) is 0 Å². The van der Waals surface area contributed by atoms with Crippen LogP contribution in [0.25, 0.3) is 5.52 Å². The number of nitrogens with one attached hydrogen (secondary N) is 1. The van der Waals surface area contributed by atoms with E-state index in [1.54, 1.807) is 61.8 Å². The molecule has 0 saturated carbocycles. The van der Waals surface area contributed by atoms with E-state index in [1.807, 2.05) is 0 Å². The Morgan fingerprint density at radius 2 is 2.07 bits per heavy atom. The summed E-state index contributed by atoms with van der Waals surface area (Å²) < 4.78 is 21.0. The first-order valence-electron chi connectivity index (χ1n) is 8.45. The summed E-state index contributed by atoms with van der Waals surface area (Å²) in [6.45, 7) is 5.01. The van der Waals surface area contributed by atoms with Crippen LogP contribution < -0.4 is 10.1 Å². The van der Waals surface area contributed by atoms with Gasteiger partial charge in [0.25, 0.3) is 5.91 Å². The van der Waals surface area contributed by atoms with Crippen LogP contribution in [-0.2, 0) is 11.4 Å². The molecular formula is C20H20FN3O3. The van der Waals surface area contributed by atoms with Crippen molar-refractivity contribution in [3.8, 4) is 5.75 Å². The van der Waals surface area contributed by atoms with E-state index in [-0.39, 0.29) is 12.4 Å². The summed E-state index contributed by atoms with van der Waals surface area (Å²) >= 11 is 0. The molecule has 3 rings (SSSR count). The van der Waals surface area contributed by atoms with E-state index in [1.165, 1.54) is 6.07 Å². The summed E-state index contributed by atoms with van der Waals surface area (Å²) in [6.07, 6.45) is 2.34. The lowest BCUT2D eigenvalue weighted by atomic mass is 10.1. The molecule has 0 radical (unpaired) electrons. The first kappa shape index (κ1) is 18.6. The predicted molar refractivity (Wildman–Crippen MR) is 98.3 cm³/mol. The van der Waals surface area contributed by atoms with Crippen molar-refractivity contribution in [3.63, 3.8) is 0 Å². The number of pyridine rings is 1. The van der Waals surface area contributed by atoms with Crippen molar-refractivity contribution in [1.82, 2.24) is 14.9 Å². The number of benzene rings is 1. The first-order valence-corrected chi connectivity index (χ1v) is 8.45. The number of carbonyl (C=O) groups is 2. The molecule has 0 aliphatic heterocycles. The second-order valence-electron chi connectivity index (χ2n) is 6.83. The maximum atomic E-state index is 13.7. The number of ether oxygens (including phenoxy) is 1. The number of aryl methyl sites for hydroxylation is 1. The lowest BCUT2D eigenvalue weighted by molar-refractivity contribution is -0.112. The van der Waals surface area contributed by atoms with Gasteiger partial charge in [0.2, 0.25) is 0 Å². The van der Waals surface area contributed by atoms with Gasteiger partial charge in [0.05, 0.1) is 22.3 Å². The molecule has 2 heterocycles. The Morgan fingerprint density at radius 1 is 1.33 bits per heavy atom. The first-order chi connectivity index (χ1) is 12.8. The Bertz CT molecular complexity index is 1010. The zero-order valence-electron chi connectivity index (χ0n) is 15.3. The number of aldehydes is 1. The highest BCUT2D eigenvalue weighted by Crippen LogP contribution is 2.22. The summed E-state index contributed by atoms with van der Waals surface area (Å²) in [4.78, 5) is 23.7. The van der Waals surface area contributed by atoms with Gasteiger partial charge >= 0.3 is 0 Å². The Hall–Kier alpha value is -3.22. The molecule has 0 atom stereocenters. The van der Waals surface area contributed by atoms with Crippen LogP contribution in [0.1, 0.15) is 35.5 Å². The van der Waals surface area contributed by atoms with Crippen molar-refractivity contribution in [2.75, 3.05) is 0 Å². The number of fused-ring (bicyclic) bond motifs is 1. The zero-order valence-corrected chi connectivity index (χ0v) is 15.3. The van der Waals surface area contributed by atoms with E-state index in [2.05, 4.69) is 10.4 Å². The largest absolute Gasteiger partial charge is 0.489 e. The molecule has 3 aromatic rings. The number of aromatic nitrogens is 2.